The van der Waals surface area contributed by atoms with Crippen molar-refractivity contribution in [1.29, 1.82) is 0 Å². The molecule has 1 aliphatic rings. The second kappa shape index (κ2) is 9.97. The van der Waals surface area contributed by atoms with Crippen LogP contribution in [-0.2, 0) is 17.9 Å². The fourth-order valence-corrected chi connectivity index (χ4v) is 4.72. The Morgan fingerprint density at radius 1 is 1.03 bits per heavy atom. The molecule has 7 nitrogen and oxygen atoms in total. The van der Waals surface area contributed by atoms with E-state index in [0.717, 1.165) is 42.3 Å². The van der Waals surface area contributed by atoms with Gasteiger partial charge in [-0.1, -0.05) is 61.0 Å². The second-order valence-corrected chi connectivity index (χ2v) is 8.63. The molecule has 7 heteroatoms. The van der Waals surface area contributed by atoms with Gasteiger partial charge in [0.25, 0.3) is 5.91 Å². The molecule has 34 heavy (non-hydrogen) atoms. The number of amides is 1. The standard InChI is InChI=1S/C27H27N5O2/c33-25(17-20-9-2-1-3-10-20)29-30-26-22-12-4-5-14-24(22)32(27(26)34)19-31-16-7-6-13-23(31)21-11-8-15-28-18-21/h1-5,8-12,14-15,18,23,34H,6-7,13,16-17,19H2/t23-/m1/s1. The molecule has 4 aromatic rings. The van der Waals surface area contributed by atoms with Crippen molar-refractivity contribution in [2.24, 2.45) is 10.2 Å². The summed E-state index contributed by atoms with van der Waals surface area (Å²) in [6, 6.07) is 21.5. The Bertz CT molecular complexity index is 1300. The molecule has 1 amide bonds. The van der Waals surface area contributed by atoms with Gasteiger partial charge in [-0.3, -0.25) is 19.2 Å². The van der Waals surface area contributed by atoms with Gasteiger partial charge in [0.15, 0.2) is 5.69 Å². The number of piperidine rings is 1. The van der Waals surface area contributed by atoms with Crippen LogP contribution in [0.5, 0.6) is 5.88 Å². The summed E-state index contributed by atoms with van der Waals surface area (Å²) in [7, 11) is 0. The molecule has 0 bridgehead atoms. The Morgan fingerprint density at radius 2 is 1.85 bits per heavy atom. The normalized spacial score (nSPS) is 16.9. The first-order valence-corrected chi connectivity index (χ1v) is 11.6. The number of benzene rings is 2. The van der Waals surface area contributed by atoms with Crippen LogP contribution in [0, 0.1) is 0 Å². The highest BCUT2D eigenvalue weighted by molar-refractivity contribution is 5.95. The van der Waals surface area contributed by atoms with Crippen LogP contribution in [0.1, 0.15) is 36.4 Å². The van der Waals surface area contributed by atoms with Crippen LogP contribution >= 0.6 is 0 Å². The van der Waals surface area contributed by atoms with E-state index in [1.807, 2.05) is 71.4 Å². The molecule has 1 atom stereocenters. The number of hydrogen-bond donors (Lipinski definition) is 1. The van der Waals surface area contributed by atoms with E-state index in [1.165, 1.54) is 5.56 Å². The number of aromatic hydroxyl groups is 1. The quantitative estimate of drug-likeness (QED) is 0.375. The van der Waals surface area contributed by atoms with Gasteiger partial charge in [-0.25, -0.2) is 0 Å². The van der Waals surface area contributed by atoms with E-state index >= 15 is 0 Å². The number of aromatic nitrogens is 2. The third-order valence-corrected chi connectivity index (χ3v) is 6.38. The zero-order chi connectivity index (χ0) is 23.3. The minimum absolute atomic E-state index is 0.0213. The van der Waals surface area contributed by atoms with Crippen molar-refractivity contribution in [3.05, 3.63) is 90.3 Å². The molecule has 2 aromatic carbocycles. The van der Waals surface area contributed by atoms with Crippen LogP contribution in [0.15, 0.2) is 89.4 Å². The molecule has 2 aromatic heterocycles. The minimum atomic E-state index is -0.352. The van der Waals surface area contributed by atoms with Crippen molar-refractivity contribution in [1.82, 2.24) is 14.5 Å². The van der Waals surface area contributed by atoms with Gasteiger partial charge in [0.1, 0.15) is 0 Å². The van der Waals surface area contributed by atoms with Crippen LogP contribution in [0.25, 0.3) is 10.9 Å². The zero-order valence-electron chi connectivity index (χ0n) is 18.9. The number of nitrogens with zero attached hydrogens (tertiary/aromatic N) is 5. The molecular weight excluding hydrogens is 426 g/mol. The first kappa shape index (κ1) is 22.0. The summed E-state index contributed by atoms with van der Waals surface area (Å²) in [6.45, 7) is 1.44. The first-order chi connectivity index (χ1) is 16.7. The second-order valence-electron chi connectivity index (χ2n) is 8.63. The van der Waals surface area contributed by atoms with E-state index in [0.29, 0.717) is 12.4 Å². The average molecular weight is 454 g/mol. The lowest BCUT2D eigenvalue weighted by atomic mass is 9.97. The third kappa shape index (κ3) is 4.61. The predicted octanol–water partition coefficient (Wildman–Crippen LogP) is 5.78. The lowest BCUT2D eigenvalue weighted by Gasteiger charge is -2.36. The Balaban J connectivity index is 1.43. The number of rotatable bonds is 6. The van der Waals surface area contributed by atoms with Gasteiger partial charge in [-0.05, 0) is 36.1 Å². The largest absolute Gasteiger partial charge is 0.493 e. The molecule has 0 unspecified atom stereocenters. The Labute approximate surface area is 198 Å². The maximum Gasteiger partial charge on any atom is 0.269 e. The number of pyridine rings is 1. The molecule has 1 N–H and O–H groups in total. The summed E-state index contributed by atoms with van der Waals surface area (Å²) in [5.74, 6) is -0.330. The highest BCUT2D eigenvalue weighted by atomic mass is 16.3. The highest BCUT2D eigenvalue weighted by Crippen LogP contribution is 2.40. The number of para-hydroxylation sites is 1. The first-order valence-electron chi connectivity index (χ1n) is 11.6. The van der Waals surface area contributed by atoms with Crippen molar-refractivity contribution in [2.45, 2.75) is 38.4 Å². The van der Waals surface area contributed by atoms with Gasteiger partial charge in [-0.15, -0.1) is 10.2 Å². The van der Waals surface area contributed by atoms with Gasteiger partial charge < -0.3 is 5.11 Å². The van der Waals surface area contributed by atoms with Crippen LogP contribution < -0.4 is 0 Å². The van der Waals surface area contributed by atoms with Gasteiger partial charge in [-0.2, -0.15) is 0 Å². The zero-order valence-corrected chi connectivity index (χ0v) is 18.9. The monoisotopic (exact) mass is 453 g/mol. The SMILES string of the molecule is O=C(Cc1ccccc1)N=Nc1c(O)n(CN2CCCC[C@@H]2c2cccnc2)c2ccccc12. The summed E-state index contributed by atoms with van der Waals surface area (Å²) in [4.78, 5) is 19.1. The van der Waals surface area contributed by atoms with Crippen LogP contribution in [0.2, 0.25) is 0 Å². The smallest absolute Gasteiger partial charge is 0.269 e. The molecule has 1 saturated heterocycles. The summed E-state index contributed by atoms with van der Waals surface area (Å²) in [5.41, 5.74) is 3.25. The van der Waals surface area contributed by atoms with Gasteiger partial charge >= 0.3 is 0 Å². The number of likely N-dealkylation sites (tertiary alicyclic amines) is 1. The summed E-state index contributed by atoms with van der Waals surface area (Å²) < 4.78 is 1.86. The van der Waals surface area contributed by atoms with E-state index in [2.05, 4.69) is 26.2 Å². The van der Waals surface area contributed by atoms with Crippen LogP contribution in [0.4, 0.5) is 5.69 Å². The maximum atomic E-state index is 12.4. The molecular formula is C27H27N5O2. The van der Waals surface area contributed by atoms with E-state index in [-0.39, 0.29) is 24.2 Å². The van der Waals surface area contributed by atoms with E-state index < -0.39 is 0 Å². The van der Waals surface area contributed by atoms with Crippen LogP contribution in [0.3, 0.4) is 0 Å². The lowest BCUT2D eigenvalue weighted by Crippen LogP contribution is -2.34. The molecule has 5 rings (SSSR count). The van der Waals surface area contributed by atoms with Gasteiger partial charge in [0.05, 0.1) is 18.6 Å². The van der Waals surface area contributed by atoms with E-state index in [9.17, 15) is 9.90 Å². The molecule has 0 spiro atoms. The Morgan fingerprint density at radius 3 is 2.68 bits per heavy atom. The van der Waals surface area contributed by atoms with E-state index in [1.54, 1.807) is 6.20 Å². The molecule has 1 fully saturated rings. The van der Waals surface area contributed by atoms with Gasteiger partial charge in [0, 0.05) is 30.4 Å². The summed E-state index contributed by atoms with van der Waals surface area (Å²) in [5, 5.41) is 20.0. The fourth-order valence-electron chi connectivity index (χ4n) is 4.72. The number of hydrogen-bond acceptors (Lipinski definition) is 5. The molecule has 0 aliphatic carbocycles. The molecule has 0 radical (unpaired) electrons. The van der Waals surface area contributed by atoms with Crippen molar-refractivity contribution in [3.8, 4) is 5.88 Å². The average Bonchev–Trinajstić information content (AvgIpc) is 3.15. The third-order valence-electron chi connectivity index (χ3n) is 6.38. The molecule has 0 saturated carbocycles. The fraction of sp³-hybridized carbons (Fsp3) is 0.259. The molecule has 3 heterocycles. The molecule has 1 aliphatic heterocycles. The van der Waals surface area contributed by atoms with Crippen molar-refractivity contribution in [2.75, 3.05) is 6.54 Å². The number of fused-ring (bicyclic) bond motifs is 1. The maximum absolute atomic E-state index is 12.4. The summed E-state index contributed by atoms with van der Waals surface area (Å²) in [6.07, 6.45) is 7.21. The van der Waals surface area contributed by atoms with Gasteiger partial charge in [0.2, 0.25) is 5.88 Å². The topological polar surface area (TPSA) is 83.1 Å². The minimum Gasteiger partial charge on any atom is -0.493 e. The van der Waals surface area contributed by atoms with Crippen molar-refractivity contribution >= 4 is 22.5 Å². The van der Waals surface area contributed by atoms with E-state index in [4.69, 9.17) is 0 Å². The number of carbonyl (C=O) groups is 1. The Hall–Kier alpha value is -3.84. The van der Waals surface area contributed by atoms with Crippen molar-refractivity contribution in [3.63, 3.8) is 0 Å². The van der Waals surface area contributed by atoms with Crippen LogP contribution in [-0.4, -0.2) is 32.0 Å². The lowest BCUT2D eigenvalue weighted by molar-refractivity contribution is -0.117. The van der Waals surface area contributed by atoms with Crippen molar-refractivity contribution < 1.29 is 9.90 Å². The summed E-state index contributed by atoms with van der Waals surface area (Å²) >= 11 is 0. The molecule has 172 valence electrons. The predicted molar refractivity (Wildman–Crippen MR) is 131 cm³/mol. The number of azo groups is 1. The highest BCUT2D eigenvalue weighted by Gasteiger charge is 2.26. The Kier molecular flexibility index (Phi) is 6.44. The number of carbonyl (C=O) groups excluding carboxylic acids is 1.